The summed E-state index contributed by atoms with van der Waals surface area (Å²) in [6.07, 6.45) is 1.94. The second kappa shape index (κ2) is 10.2. The average Bonchev–Trinajstić information content (AvgIpc) is 2.68. The number of methoxy groups -OCH3 is 2. The molecule has 29 heavy (non-hydrogen) atoms. The van der Waals surface area contributed by atoms with Crippen molar-refractivity contribution in [2.45, 2.75) is 52.4 Å². The quantitative estimate of drug-likeness (QED) is 0.543. The largest absolute Gasteiger partial charge is 0.504 e. The molecule has 0 saturated heterocycles. The number of benzene rings is 2. The summed E-state index contributed by atoms with van der Waals surface area (Å²) in [6, 6.07) is 9.25. The third kappa shape index (κ3) is 5.67. The van der Waals surface area contributed by atoms with Crippen molar-refractivity contribution in [2.75, 3.05) is 14.2 Å². The van der Waals surface area contributed by atoms with Gasteiger partial charge in [-0.15, -0.1) is 6.58 Å². The Bertz CT molecular complexity index is 828. The highest BCUT2D eigenvalue weighted by Gasteiger charge is 2.26. The molecule has 0 bridgehead atoms. The molecule has 2 aromatic carbocycles. The summed E-state index contributed by atoms with van der Waals surface area (Å²) in [5.74, 6) is 1.86. The van der Waals surface area contributed by atoms with Gasteiger partial charge in [0, 0.05) is 0 Å². The zero-order valence-corrected chi connectivity index (χ0v) is 18.2. The summed E-state index contributed by atoms with van der Waals surface area (Å²) < 4.78 is 23.3. The molecule has 0 aliphatic carbocycles. The van der Waals surface area contributed by atoms with Gasteiger partial charge >= 0.3 is 0 Å². The van der Waals surface area contributed by atoms with Crippen LogP contribution < -0.4 is 14.2 Å². The van der Waals surface area contributed by atoms with E-state index in [4.69, 9.17) is 18.9 Å². The lowest BCUT2D eigenvalue weighted by Gasteiger charge is -2.29. The smallest absolute Gasteiger partial charge is 0.164 e. The van der Waals surface area contributed by atoms with Gasteiger partial charge in [-0.3, -0.25) is 0 Å². The van der Waals surface area contributed by atoms with Crippen LogP contribution in [0.2, 0.25) is 0 Å². The van der Waals surface area contributed by atoms with E-state index < -0.39 is 0 Å². The summed E-state index contributed by atoms with van der Waals surface area (Å²) in [7, 11) is 3.16. The zero-order valence-electron chi connectivity index (χ0n) is 18.2. The summed E-state index contributed by atoms with van der Waals surface area (Å²) >= 11 is 0. The zero-order chi connectivity index (χ0) is 21.6. The van der Waals surface area contributed by atoms with Crippen molar-refractivity contribution in [1.29, 1.82) is 0 Å². The predicted molar refractivity (Wildman–Crippen MR) is 115 cm³/mol. The Balaban J connectivity index is 2.38. The Labute approximate surface area is 173 Å². The van der Waals surface area contributed by atoms with Crippen LogP contribution in [0.1, 0.15) is 43.6 Å². The Morgan fingerprint density at radius 3 is 2.31 bits per heavy atom. The van der Waals surface area contributed by atoms with Crippen LogP contribution in [0.5, 0.6) is 23.0 Å². The molecule has 2 rings (SSSR count). The van der Waals surface area contributed by atoms with E-state index in [1.807, 2.05) is 45.9 Å². The first kappa shape index (κ1) is 22.6. The number of rotatable bonds is 10. The van der Waals surface area contributed by atoms with Crippen LogP contribution in [0.25, 0.3) is 0 Å². The van der Waals surface area contributed by atoms with Crippen molar-refractivity contribution in [1.82, 2.24) is 0 Å². The standard InChI is InChI=1S/C24H32O5/c1-8-9-18-12-16(4)23(22(13-18)27-7)29-17(5)24(28-15(2)3)19-10-11-20(25)21(14-19)26-6/h8,10-15,17,24-25H,1,9H2,2-7H3. The second-order valence-electron chi connectivity index (χ2n) is 7.30. The fourth-order valence-electron chi connectivity index (χ4n) is 3.27. The third-order valence-electron chi connectivity index (χ3n) is 4.58. The summed E-state index contributed by atoms with van der Waals surface area (Å²) in [5.41, 5.74) is 2.97. The molecule has 2 atom stereocenters. The lowest BCUT2D eigenvalue weighted by molar-refractivity contribution is -0.0523. The van der Waals surface area contributed by atoms with Gasteiger partial charge in [-0.2, -0.15) is 0 Å². The van der Waals surface area contributed by atoms with E-state index in [0.717, 1.165) is 23.1 Å². The van der Waals surface area contributed by atoms with Crippen molar-refractivity contribution in [2.24, 2.45) is 0 Å². The molecule has 158 valence electrons. The first-order valence-electron chi connectivity index (χ1n) is 9.78. The molecule has 2 unspecified atom stereocenters. The van der Waals surface area contributed by atoms with Crippen LogP contribution in [0.3, 0.4) is 0 Å². The van der Waals surface area contributed by atoms with E-state index in [1.54, 1.807) is 19.2 Å². The summed E-state index contributed by atoms with van der Waals surface area (Å²) in [4.78, 5) is 0. The molecule has 0 heterocycles. The highest BCUT2D eigenvalue weighted by atomic mass is 16.6. The molecular weight excluding hydrogens is 368 g/mol. The number of allylic oxidation sites excluding steroid dienone is 1. The van der Waals surface area contributed by atoms with Crippen molar-refractivity contribution in [3.8, 4) is 23.0 Å². The van der Waals surface area contributed by atoms with Gasteiger partial charge in [0.05, 0.1) is 20.3 Å². The summed E-state index contributed by atoms with van der Waals surface area (Å²) in [5, 5.41) is 9.93. The van der Waals surface area contributed by atoms with E-state index in [-0.39, 0.29) is 24.1 Å². The number of aromatic hydroxyl groups is 1. The minimum absolute atomic E-state index is 0.0104. The Hall–Kier alpha value is -2.66. The number of phenolic OH excluding ortho intramolecular Hbond substituents is 1. The van der Waals surface area contributed by atoms with Crippen LogP contribution in [0.4, 0.5) is 0 Å². The highest BCUT2D eigenvalue weighted by Crippen LogP contribution is 2.37. The van der Waals surface area contributed by atoms with Gasteiger partial charge in [0.15, 0.2) is 23.0 Å². The number of aryl methyl sites for hydroxylation is 1. The molecule has 0 aromatic heterocycles. The Kier molecular flexibility index (Phi) is 7.97. The van der Waals surface area contributed by atoms with Crippen molar-refractivity contribution in [3.63, 3.8) is 0 Å². The predicted octanol–water partition coefficient (Wildman–Crippen LogP) is 5.38. The molecule has 0 aliphatic rings. The number of ether oxygens (including phenoxy) is 4. The molecule has 2 aromatic rings. The van der Waals surface area contributed by atoms with Crippen molar-refractivity contribution in [3.05, 3.63) is 59.7 Å². The molecule has 0 spiro atoms. The van der Waals surface area contributed by atoms with E-state index in [2.05, 4.69) is 12.6 Å². The summed E-state index contributed by atoms with van der Waals surface area (Å²) in [6.45, 7) is 11.7. The lowest BCUT2D eigenvalue weighted by Crippen LogP contribution is -2.27. The van der Waals surface area contributed by atoms with Crippen LogP contribution >= 0.6 is 0 Å². The topological polar surface area (TPSA) is 57.2 Å². The molecule has 0 saturated carbocycles. The first-order valence-corrected chi connectivity index (χ1v) is 9.78. The third-order valence-corrected chi connectivity index (χ3v) is 4.58. The van der Waals surface area contributed by atoms with Crippen LogP contribution in [0.15, 0.2) is 43.0 Å². The second-order valence-corrected chi connectivity index (χ2v) is 7.30. The monoisotopic (exact) mass is 400 g/mol. The lowest BCUT2D eigenvalue weighted by atomic mass is 10.0. The van der Waals surface area contributed by atoms with Crippen LogP contribution in [-0.2, 0) is 11.2 Å². The minimum Gasteiger partial charge on any atom is -0.504 e. The van der Waals surface area contributed by atoms with Gasteiger partial charge in [-0.05, 0) is 69.0 Å². The van der Waals surface area contributed by atoms with Gasteiger partial charge < -0.3 is 24.1 Å². The van der Waals surface area contributed by atoms with E-state index in [1.165, 1.54) is 7.11 Å². The Morgan fingerprint density at radius 2 is 1.72 bits per heavy atom. The minimum atomic E-state index is -0.360. The van der Waals surface area contributed by atoms with E-state index >= 15 is 0 Å². The maximum Gasteiger partial charge on any atom is 0.164 e. The van der Waals surface area contributed by atoms with Gasteiger partial charge in [-0.1, -0.05) is 18.2 Å². The fourth-order valence-corrected chi connectivity index (χ4v) is 3.27. The van der Waals surface area contributed by atoms with Crippen LogP contribution in [-0.4, -0.2) is 31.5 Å². The Morgan fingerprint density at radius 1 is 1.03 bits per heavy atom. The fraction of sp³-hybridized carbons (Fsp3) is 0.417. The van der Waals surface area contributed by atoms with Crippen LogP contribution in [0, 0.1) is 6.92 Å². The van der Waals surface area contributed by atoms with Crippen molar-refractivity contribution < 1.29 is 24.1 Å². The maximum atomic E-state index is 9.93. The van der Waals surface area contributed by atoms with E-state index in [0.29, 0.717) is 17.2 Å². The normalized spacial score (nSPS) is 13.1. The highest BCUT2D eigenvalue weighted by molar-refractivity contribution is 5.49. The molecule has 5 nitrogen and oxygen atoms in total. The molecule has 0 fully saturated rings. The number of hydrogen-bond donors (Lipinski definition) is 1. The van der Waals surface area contributed by atoms with Gasteiger partial charge in [0.1, 0.15) is 12.2 Å². The van der Waals surface area contributed by atoms with Crippen molar-refractivity contribution >= 4 is 0 Å². The molecule has 1 N–H and O–H groups in total. The molecule has 0 amide bonds. The van der Waals surface area contributed by atoms with Gasteiger partial charge in [-0.25, -0.2) is 0 Å². The molecule has 0 radical (unpaired) electrons. The van der Waals surface area contributed by atoms with Gasteiger partial charge in [0.25, 0.3) is 0 Å². The maximum absolute atomic E-state index is 9.93. The molecule has 0 aliphatic heterocycles. The SMILES string of the molecule is C=CCc1cc(C)c(OC(C)C(OC(C)C)c2ccc(O)c(OC)c2)c(OC)c1. The first-order chi connectivity index (χ1) is 13.8. The van der Waals surface area contributed by atoms with Gasteiger partial charge in [0.2, 0.25) is 0 Å². The number of hydrogen-bond acceptors (Lipinski definition) is 5. The molecule has 5 heteroatoms. The number of phenols is 1. The average molecular weight is 401 g/mol. The molecular formula is C24H32O5. The van der Waals surface area contributed by atoms with E-state index in [9.17, 15) is 5.11 Å².